The van der Waals surface area contributed by atoms with Gasteiger partial charge in [-0.25, -0.2) is 0 Å². The normalized spacial score (nSPS) is 12.0. The first-order chi connectivity index (χ1) is 10.1. The van der Waals surface area contributed by atoms with Crippen LogP contribution >= 0.6 is 23.1 Å². The highest BCUT2D eigenvalue weighted by Gasteiger charge is 2.17. The zero-order valence-corrected chi connectivity index (χ0v) is 13.8. The number of thioether (sulfide) groups is 1. The molecule has 0 saturated carbocycles. The van der Waals surface area contributed by atoms with Gasteiger partial charge in [-0.1, -0.05) is 47.7 Å². The van der Waals surface area contributed by atoms with Crippen molar-refractivity contribution in [2.24, 2.45) is 0 Å². The minimum Gasteiger partial charge on any atom is -0.481 e. The molecule has 1 aromatic heterocycles. The highest BCUT2D eigenvalue weighted by atomic mass is 32.2. The molecule has 0 aliphatic rings. The van der Waals surface area contributed by atoms with Crippen molar-refractivity contribution in [1.82, 2.24) is 10.2 Å². The maximum absolute atomic E-state index is 12.0. The van der Waals surface area contributed by atoms with Gasteiger partial charge in [0, 0.05) is 0 Å². The second kappa shape index (κ2) is 7.42. The number of rotatable bonds is 6. The van der Waals surface area contributed by atoms with E-state index in [0.717, 1.165) is 15.7 Å². The number of aryl methyl sites for hydroxylation is 1. The fraction of sp³-hybridized carbons (Fsp3) is 0.357. The van der Waals surface area contributed by atoms with Gasteiger partial charge in [-0.3, -0.25) is 10.1 Å². The molecule has 1 aromatic carbocycles. The summed E-state index contributed by atoms with van der Waals surface area (Å²) in [7, 11) is 0. The van der Waals surface area contributed by atoms with Crippen LogP contribution in [0.25, 0.3) is 0 Å². The molecule has 5 nitrogen and oxygen atoms in total. The Bertz CT molecular complexity index is 599. The SMILES string of the molecule is CCSc1nnc(NC(=O)[C@@H](C)Oc2ccc(C)cc2)s1. The molecule has 2 rings (SSSR count). The van der Waals surface area contributed by atoms with Crippen LogP contribution in [-0.2, 0) is 4.79 Å². The lowest BCUT2D eigenvalue weighted by Crippen LogP contribution is -2.30. The van der Waals surface area contributed by atoms with E-state index in [9.17, 15) is 4.79 Å². The molecule has 0 unspecified atom stereocenters. The summed E-state index contributed by atoms with van der Waals surface area (Å²) >= 11 is 2.96. The lowest BCUT2D eigenvalue weighted by Gasteiger charge is -2.13. The van der Waals surface area contributed by atoms with Gasteiger partial charge in [-0.2, -0.15) is 0 Å². The Morgan fingerprint density at radius 2 is 2.10 bits per heavy atom. The Balaban J connectivity index is 1.90. The van der Waals surface area contributed by atoms with Crippen molar-refractivity contribution in [2.45, 2.75) is 31.2 Å². The summed E-state index contributed by atoms with van der Waals surface area (Å²) in [5, 5.41) is 11.1. The molecule has 2 aromatic rings. The summed E-state index contributed by atoms with van der Waals surface area (Å²) < 4.78 is 6.44. The van der Waals surface area contributed by atoms with Crippen molar-refractivity contribution < 1.29 is 9.53 Å². The number of aromatic nitrogens is 2. The maximum Gasteiger partial charge on any atom is 0.266 e. The molecule has 1 N–H and O–H groups in total. The minimum absolute atomic E-state index is 0.236. The Hall–Kier alpha value is -1.60. The lowest BCUT2D eigenvalue weighted by molar-refractivity contribution is -0.122. The number of carbonyl (C=O) groups excluding carboxylic acids is 1. The average molecular weight is 323 g/mol. The van der Waals surface area contributed by atoms with E-state index in [1.807, 2.05) is 38.1 Å². The number of nitrogens with zero attached hydrogens (tertiary/aromatic N) is 2. The van der Waals surface area contributed by atoms with E-state index in [4.69, 9.17) is 4.74 Å². The van der Waals surface area contributed by atoms with Gasteiger partial charge in [-0.15, -0.1) is 10.2 Å². The van der Waals surface area contributed by atoms with Crippen LogP contribution in [0.5, 0.6) is 5.75 Å². The van der Waals surface area contributed by atoms with Gasteiger partial charge in [0.05, 0.1) is 0 Å². The number of amides is 1. The van der Waals surface area contributed by atoms with E-state index in [0.29, 0.717) is 10.9 Å². The summed E-state index contributed by atoms with van der Waals surface area (Å²) in [5.41, 5.74) is 1.15. The third-order valence-electron chi connectivity index (χ3n) is 2.61. The molecule has 0 saturated heterocycles. The minimum atomic E-state index is -0.598. The summed E-state index contributed by atoms with van der Waals surface area (Å²) in [5.74, 6) is 1.36. The van der Waals surface area contributed by atoms with Gasteiger partial charge in [0.1, 0.15) is 5.75 Å². The first-order valence-corrected chi connectivity index (χ1v) is 8.39. The fourth-order valence-corrected chi connectivity index (χ4v) is 3.18. The quantitative estimate of drug-likeness (QED) is 0.652. The van der Waals surface area contributed by atoms with E-state index in [1.165, 1.54) is 11.3 Å². The number of hydrogen-bond donors (Lipinski definition) is 1. The molecule has 0 radical (unpaired) electrons. The van der Waals surface area contributed by atoms with E-state index in [2.05, 4.69) is 15.5 Å². The van der Waals surface area contributed by atoms with Crippen molar-refractivity contribution in [3.63, 3.8) is 0 Å². The predicted molar refractivity (Wildman–Crippen MR) is 86.2 cm³/mol. The third kappa shape index (κ3) is 4.71. The van der Waals surface area contributed by atoms with Crippen molar-refractivity contribution in [3.05, 3.63) is 29.8 Å². The third-order valence-corrected chi connectivity index (χ3v) is 4.46. The number of benzene rings is 1. The number of nitrogens with one attached hydrogen (secondary N) is 1. The lowest BCUT2D eigenvalue weighted by atomic mass is 10.2. The van der Waals surface area contributed by atoms with E-state index >= 15 is 0 Å². The first-order valence-electron chi connectivity index (χ1n) is 6.59. The van der Waals surface area contributed by atoms with Gasteiger partial charge in [0.2, 0.25) is 5.13 Å². The van der Waals surface area contributed by atoms with Gasteiger partial charge in [-0.05, 0) is 31.7 Å². The molecule has 0 spiro atoms. The molecular weight excluding hydrogens is 306 g/mol. The van der Waals surface area contributed by atoms with Crippen molar-refractivity contribution in [1.29, 1.82) is 0 Å². The van der Waals surface area contributed by atoms with Crippen molar-refractivity contribution >= 4 is 34.1 Å². The van der Waals surface area contributed by atoms with Crippen LogP contribution in [0.1, 0.15) is 19.4 Å². The van der Waals surface area contributed by atoms with Gasteiger partial charge < -0.3 is 4.74 Å². The Labute approximate surface area is 132 Å². The monoisotopic (exact) mass is 323 g/mol. The average Bonchev–Trinajstić information content (AvgIpc) is 2.89. The van der Waals surface area contributed by atoms with Crippen molar-refractivity contribution in [3.8, 4) is 5.75 Å². The van der Waals surface area contributed by atoms with E-state index in [-0.39, 0.29) is 5.91 Å². The van der Waals surface area contributed by atoms with Crippen molar-refractivity contribution in [2.75, 3.05) is 11.1 Å². The van der Waals surface area contributed by atoms with E-state index < -0.39 is 6.10 Å². The van der Waals surface area contributed by atoms with Crippen LogP contribution in [0, 0.1) is 6.92 Å². The standard InChI is InChI=1S/C14H17N3O2S2/c1-4-20-14-17-16-13(21-14)15-12(18)10(3)19-11-7-5-9(2)6-8-11/h5-8,10H,4H2,1-3H3,(H,15,16,18)/t10-/m1/s1. The van der Waals surface area contributed by atoms with E-state index in [1.54, 1.807) is 18.7 Å². The molecule has 1 amide bonds. The molecule has 21 heavy (non-hydrogen) atoms. The number of ether oxygens (including phenoxy) is 1. The fourth-order valence-electron chi connectivity index (χ4n) is 1.52. The van der Waals surface area contributed by atoms with Gasteiger partial charge in [0.15, 0.2) is 10.4 Å². The first kappa shape index (κ1) is 15.8. The number of hydrogen-bond acceptors (Lipinski definition) is 6. The van der Waals surface area contributed by atoms with Crippen LogP contribution in [0.2, 0.25) is 0 Å². The summed E-state index contributed by atoms with van der Waals surface area (Å²) in [4.78, 5) is 12.0. The zero-order valence-electron chi connectivity index (χ0n) is 12.1. The molecular formula is C14H17N3O2S2. The largest absolute Gasteiger partial charge is 0.481 e. The molecule has 0 fully saturated rings. The number of carbonyl (C=O) groups is 1. The van der Waals surface area contributed by atoms with Crippen LogP contribution in [-0.4, -0.2) is 28.0 Å². The summed E-state index contributed by atoms with van der Waals surface area (Å²) in [6.07, 6.45) is -0.598. The van der Waals surface area contributed by atoms with Crippen LogP contribution in [0.15, 0.2) is 28.6 Å². The summed E-state index contributed by atoms with van der Waals surface area (Å²) in [6, 6.07) is 7.58. The Kier molecular flexibility index (Phi) is 5.58. The highest BCUT2D eigenvalue weighted by molar-refractivity contribution is 8.01. The molecule has 7 heteroatoms. The molecule has 0 bridgehead atoms. The smallest absolute Gasteiger partial charge is 0.266 e. The molecule has 112 valence electrons. The topological polar surface area (TPSA) is 64.1 Å². The summed E-state index contributed by atoms with van der Waals surface area (Å²) in [6.45, 7) is 5.75. The maximum atomic E-state index is 12.0. The molecule has 0 aliphatic carbocycles. The van der Waals surface area contributed by atoms with Crippen LogP contribution in [0.4, 0.5) is 5.13 Å². The predicted octanol–water partition coefficient (Wildman–Crippen LogP) is 3.36. The molecule has 0 aliphatic heterocycles. The Morgan fingerprint density at radius 3 is 2.76 bits per heavy atom. The zero-order chi connectivity index (χ0) is 15.2. The molecule has 1 heterocycles. The second-order valence-electron chi connectivity index (χ2n) is 4.37. The molecule has 1 atom stereocenters. The highest BCUT2D eigenvalue weighted by Crippen LogP contribution is 2.25. The van der Waals surface area contributed by atoms with Crippen LogP contribution in [0.3, 0.4) is 0 Å². The Morgan fingerprint density at radius 1 is 1.38 bits per heavy atom. The van der Waals surface area contributed by atoms with Crippen LogP contribution < -0.4 is 10.1 Å². The van der Waals surface area contributed by atoms with Gasteiger partial charge >= 0.3 is 0 Å². The number of anilines is 1. The second-order valence-corrected chi connectivity index (χ2v) is 6.86. The van der Waals surface area contributed by atoms with Gasteiger partial charge in [0.25, 0.3) is 5.91 Å².